The normalized spacial score (nSPS) is 15.1. The molecule has 0 N–H and O–H groups in total. The smallest absolute Gasteiger partial charge is 0.299 e. The molecule has 0 bridgehead atoms. The fourth-order valence-corrected chi connectivity index (χ4v) is 2.41. The lowest BCUT2D eigenvalue weighted by molar-refractivity contribution is -0.114. The first-order valence-electron chi connectivity index (χ1n) is 5.44. The summed E-state index contributed by atoms with van der Waals surface area (Å²) in [7, 11) is -3.17. The van der Waals surface area contributed by atoms with Crippen LogP contribution in [0.5, 0.6) is 0 Å². The van der Waals surface area contributed by atoms with E-state index in [9.17, 15) is 18.0 Å². The van der Waals surface area contributed by atoms with Crippen molar-refractivity contribution >= 4 is 27.2 Å². The van der Waals surface area contributed by atoms with E-state index in [2.05, 4.69) is 0 Å². The molecule has 0 unspecified atom stereocenters. The van der Waals surface area contributed by atoms with Crippen LogP contribution in [0.25, 0.3) is 0 Å². The maximum Gasteiger partial charge on any atom is 0.299 e. The van der Waals surface area contributed by atoms with Gasteiger partial charge in [-0.05, 0) is 19.1 Å². The molecule has 0 aromatic heterocycles. The highest BCUT2D eigenvalue weighted by molar-refractivity contribution is 7.90. The minimum Gasteiger partial charge on any atom is -0.304 e. The number of nitrogens with zero attached hydrogens (tertiary/aromatic N) is 1. The summed E-state index contributed by atoms with van der Waals surface area (Å²) < 4.78 is 22.2. The van der Waals surface area contributed by atoms with Gasteiger partial charge >= 0.3 is 0 Å². The van der Waals surface area contributed by atoms with E-state index >= 15 is 0 Å². The van der Waals surface area contributed by atoms with E-state index in [0.29, 0.717) is 11.3 Å². The summed E-state index contributed by atoms with van der Waals surface area (Å²) in [5.41, 5.74) is 1.74. The van der Waals surface area contributed by atoms with Gasteiger partial charge < -0.3 is 4.90 Å². The van der Waals surface area contributed by atoms with Crippen LogP contribution >= 0.6 is 0 Å². The van der Waals surface area contributed by atoms with Crippen molar-refractivity contribution in [3.05, 3.63) is 29.3 Å². The first kappa shape index (κ1) is 12.8. The molecule has 18 heavy (non-hydrogen) atoms. The van der Waals surface area contributed by atoms with Gasteiger partial charge in [-0.2, -0.15) is 0 Å². The number of carbonyl (C=O) groups is 2. The lowest BCUT2D eigenvalue weighted by Gasteiger charge is -2.15. The van der Waals surface area contributed by atoms with E-state index in [-0.39, 0.29) is 12.3 Å². The molecule has 0 saturated carbocycles. The van der Waals surface area contributed by atoms with Gasteiger partial charge in [-0.15, -0.1) is 0 Å². The number of carbonyl (C=O) groups excluding carboxylic acids is 2. The lowest BCUT2D eigenvalue weighted by Crippen LogP contribution is -2.33. The van der Waals surface area contributed by atoms with Gasteiger partial charge in [-0.1, -0.05) is 11.6 Å². The van der Waals surface area contributed by atoms with Crippen molar-refractivity contribution in [3.63, 3.8) is 0 Å². The SMILES string of the molecule is Cc1ccc2c(c1)C(=O)C(=O)N2CCS(C)(=O)=O. The fraction of sp³-hybridized carbons (Fsp3) is 0.333. The van der Waals surface area contributed by atoms with Gasteiger partial charge in [0.2, 0.25) is 0 Å². The van der Waals surface area contributed by atoms with E-state index < -0.39 is 21.5 Å². The van der Waals surface area contributed by atoms with Gasteiger partial charge in [-0.3, -0.25) is 9.59 Å². The second kappa shape index (κ2) is 4.20. The first-order valence-corrected chi connectivity index (χ1v) is 7.50. The summed E-state index contributed by atoms with van der Waals surface area (Å²) >= 11 is 0. The summed E-state index contributed by atoms with van der Waals surface area (Å²) in [6, 6.07) is 5.11. The van der Waals surface area contributed by atoms with Crippen LogP contribution in [0.15, 0.2) is 18.2 Å². The molecule has 0 aliphatic carbocycles. The molecule has 0 saturated heterocycles. The number of fused-ring (bicyclic) bond motifs is 1. The Hall–Kier alpha value is -1.69. The number of amides is 1. The molecular weight excluding hydrogens is 254 g/mol. The Morgan fingerprint density at radius 1 is 1.22 bits per heavy atom. The Kier molecular flexibility index (Phi) is 2.98. The maximum absolute atomic E-state index is 11.8. The minimum absolute atomic E-state index is 0.0134. The Morgan fingerprint density at radius 3 is 2.50 bits per heavy atom. The summed E-state index contributed by atoms with van der Waals surface area (Å²) in [5.74, 6) is -1.37. The van der Waals surface area contributed by atoms with Crippen LogP contribution in [-0.2, 0) is 14.6 Å². The number of hydrogen-bond acceptors (Lipinski definition) is 4. The summed E-state index contributed by atoms with van der Waals surface area (Å²) in [4.78, 5) is 24.7. The zero-order chi connectivity index (χ0) is 13.5. The Morgan fingerprint density at radius 2 is 1.89 bits per heavy atom. The van der Waals surface area contributed by atoms with Gasteiger partial charge in [0.25, 0.3) is 11.7 Å². The highest BCUT2D eigenvalue weighted by Crippen LogP contribution is 2.29. The Labute approximate surface area is 105 Å². The average molecular weight is 267 g/mol. The van der Waals surface area contributed by atoms with E-state index in [1.54, 1.807) is 18.2 Å². The molecule has 0 radical (unpaired) electrons. The molecular formula is C12H13NO4S. The average Bonchev–Trinajstić information content (AvgIpc) is 2.49. The first-order chi connectivity index (χ1) is 8.29. The zero-order valence-corrected chi connectivity index (χ0v) is 11.0. The van der Waals surface area contributed by atoms with Crippen molar-refractivity contribution in [3.8, 4) is 0 Å². The van der Waals surface area contributed by atoms with Crippen molar-refractivity contribution in [1.82, 2.24) is 0 Å². The highest BCUT2D eigenvalue weighted by Gasteiger charge is 2.35. The molecule has 1 aromatic carbocycles. The molecule has 1 amide bonds. The van der Waals surface area contributed by atoms with Crippen LogP contribution in [0.1, 0.15) is 15.9 Å². The van der Waals surface area contributed by atoms with Crippen molar-refractivity contribution < 1.29 is 18.0 Å². The zero-order valence-electron chi connectivity index (χ0n) is 10.1. The van der Waals surface area contributed by atoms with Gasteiger partial charge in [-0.25, -0.2) is 8.42 Å². The second-order valence-corrected chi connectivity index (χ2v) is 6.70. The lowest BCUT2D eigenvalue weighted by atomic mass is 10.1. The number of benzene rings is 1. The van der Waals surface area contributed by atoms with E-state index in [1.165, 1.54) is 4.90 Å². The van der Waals surface area contributed by atoms with Gasteiger partial charge in [0.1, 0.15) is 9.84 Å². The van der Waals surface area contributed by atoms with Crippen molar-refractivity contribution in [1.29, 1.82) is 0 Å². The topological polar surface area (TPSA) is 71.5 Å². The van der Waals surface area contributed by atoms with Crippen LogP contribution in [0.2, 0.25) is 0 Å². The van der Waals surface area contributed by atoms with Crippen LogP contribution in [0.3, 0.4) is 0 Å². The molecule has 2 rings (SSSR count). The van der Waals surface area contributed by atoms with Gasteiger partial charge in [0, 0.05) is 12.8 Å². The third kappa shape index (κ3) is 2.28. The number of aryl methyl sites for hydroxylation is 1. The molecule has 96 valence electrons. The monoisotopic (exact) mass is 267 g/mol. The predicted octanol–water partition coefficient (Wildman–Crippen LogP) is 0.569. The molecule has 0 atom stereocenters. The minimum atomic E-state index is -3.17. The number of Topliss-reactive ketones (excluding diaryl/α,β-unsaturated/α-hetero) is 1. The Balaban J connectivity index is 2.35. The number of ketones is 1. The molecule has 1 aliphatic heterocycles. The quantitative estimate of drug-likeness (QED) is 0.751. The highest BCUT2D eigenvalue weighted by atomic mass is 32.2. The molecule has 1 aromatic rings. The number of sulfone groups is 1. The van der Waals surface area contributed by atoms with E-state index in [1.807, 2.05) is 6.92 Å². The molecule has 5 nitrogen and oxygen atoms in total. The number of anilines is 1. The van der Waals surface area contributed by atoms with Gasteiger partial charge in [0.05, 0.1) is 17.0 Å². The maximum atomic E-state index is 11.8. The molecule has 6 heteroatoms. The van der Waals surface area contributed by atoms with E-state index in [0.717, 1.165) is 11.8 Å². The van der Waals surface area contributed by atoms with Crippen molar-refractivity contribution in [2.45, 2.75) is 6.92 Å². The largest absolute Gasteiger partial charge is 0.304 e. The third-order valence-corrected chi connectivity index (χ3v) is 3.74. The molecule has 1 heterocycles. The molecule has 0 fully saturated rings. The summed E-state index contributed by atoms with van der Waals surface area (Å²) in [5, 5.41) is 0. The summed E-state index contributed by atoms with van der Waals surface area (Å²) in [6.45, 7) is 1.84. The summed E-state index contributed by atoms with van der Waals surface area (Å²) in [6.07, 6.45) is 1.10. The predicted molar refractivity (Wildman–Crippen MR) is 67.6 cm³/mol. The standard InChI is InChI=1S/C12H13NO4S/c1-8-3-4-10-9(7-8)11(14)12(15)13(10)5-6-18(2,16)17/h3-4,7H,5-6H2,1-2H3. The third-order valence-electron chi connectivity index (χ3n) is 2.81. The van der Waals surface area contributed by atoms with Crippen LogP contribution in [-0.4, -0.2) is 38.7 Å². The fourth-order valence-electron chi connectivity index (χ4n) is 1.89. The molecule has 0 spiro atoms. The van der Waals surface area contributed by atoms with Crippen LogP contribution in [0, 0.1) is 6.92 Å². The number of rotatable bonds is 3. The van der Waals surface area contributed by atoms with Gasteiger partial charge in [0.15, 0.2) is 0 Å². The number of hydrogen-bond donors (Lipinski definition) is 0. The van der Waals surface area contributed by atoms with Crippen LogP contribution < -0.4 is 4.90 Å². The Bertz CT molecular complexity index is 633. The van der Waals surface area contributed by atoms with E-state index in [4.69, 9.17) is 0 Å². The van der Waals surface area contributed by atoms with Crippen molar-refractivity contribution in [2.75, 3.05) is 23.5 Å². The van der Waals surface area contributed by atoms with Crippen molar-refractivity contribution in [2.24, 2.45) is 0 Å². The van der Waals surface area contributed by atoms with Crippen LogP contribution in [0.4, 0.5) is 5.69 Å². The second-order valence-electron chi connectivity index (χ2n) is 4.44. The molecule has 1 aliphatic rings.